The number of hydrogen-bond acceptors (Lipinski definition) is 2. The van der Waals surface area contributed by atoms with Crippen molar-refractivity contribution in [1.82, 2.24) is 9.97 Å². The van der Waals surface area contributed by atoms with Gasteiger partial charge in [-0.05, 0) is 96.0 Å². The molecule has 0 amide bonds. The van der Waals surface area contributed by atoms with Gasteiger partial charge in [0.25, 0.3) is 0 Å². The molecular formula is C50H32N2. The van der Waals surface area contributed by atoms with E-state index in [0.29, 0.717) is 0 Å². The Hall–Kier alpha value is -6.90. The maximum atomic E-state index is 5.24. The van der Waals surface area contributed by atoms with Gasteiger partial charge in [0, 0.05) is 16.5 Å². The van der Waals surface area contributed by atoms with Crippen LogP contribution in [0.15, 0.2) is 194 Å². The first kappa shape index (κ1) is 30.0. The molecule has 2 nitrogen and oxygen atoms in total. The normalized spacial score (nSPS) is 11.5. The Morgan fingerprint density at radius 1 is 0.231 bits per heavy atom. The predicted octanol–water partition coefficient (Wildman–Crippen LogP) is 13.4. The summed E-state index contributed by atoms with van der Waals surface area (Å²) in [6, 6.07) is 69.3. The zero-order chi connectivity index (χ0) is 34.4. The number of benzene rings is 9. The Balaban J connectivity index is 1.06. The highest BCUT2D eigenvalue weighted by molar-refractivity contribution is 6.25. The molecule has 10 aromatic rings. The number of rotatable bonds is 5. The molecule has 242 valence electrons. The molecule has 0 saturated heterocycles. The molecule has 0 aliphatic rings. The van der Waals surface area contributed by atoms with Gasteiger partial charge in [-0.1, -0.05) is 164 Å². The number of para-hydroxylation sites is 1. The van der Waals surface area contributed by atoms with Crippen LogP contribution in [-0.4, -0.2) is 9.97 Å². The quantitative estimate of drug-likeness (QED) is 0.172. The molecule has 0 unspecified atom stereocenters. The Morgan fingerprint density at radius 2 is 0.654 bits per heavy atom. The van der Waals surface area contributed by atoms with Gasteiger partial charge in [-0.3, -0.25) is 0 Å². The first-order valence-electron chi connectivity index (χ1n) is 17.7. The van der Waals surface area contributed by atoms with Crippen LogP contribution in [0.4, 0.5) is 0 Å². The average Bonchev–Trinajstić information content (AvgIpc) is 3.23. The third-order valence-corrected chi connectivity index (χ3v) is 10.2. The lowest BCUT2D eigenvalue weighted by Crippen LogP contribution is -1.95. The number of fused-ring (bicyclic) bond motifs is 7. The van der Waals surface area contributed by atoms with E-state index < -0.39 is 0 Å². The molecule has 0 aliphatic carbocycles. The molecule has 10 rings (SSSR count). The van der Waals surface area contributed by atoms with E-state index in [2.05, 4.69) is 182 Å². The van der Waals surface area contributed by atoms with Crippen LogP contribution in [0.5, 0.6) is 0 Å². The molecule has 0 radical (unpaired) electrons. The minimum Gasteiger partial charge on any atom is -0.228 e. The monoisotopic (exact) mass is 660 g/mol. The van der Waals surface area contributed by atoms with Gasteiger partial charge in [0.15, 0.2) is 5.82 Å². The molecular weight excluding hydrogens is 629 g/mol. The van der Waals surface area contributed by atoms with Crippen LogP contribution in [0, 0.1) is 0 Å². The molecule has 0 N–H and O–H groups in total. The van der Waals surface area contributed by atoms with Gasteiger partial charge in [0.1, 0.15) is 0 Å². The fourth-order valence-electron chi connectivity index (χ4n) is 7.71. The third kappa shape index (κ3) is 5.21. The molecule has 52 heavy (non-hydrogen) atoms. The van der Waals surface area contributed by atoms with Crippen molar-refractivity contribution in [1.29, 1.82) is 0 Å². The van der Waals surface area contributed by atoms with Crippen LogP contribution >= 0.6 is 0 Å². The SMILES string of the molecule is c1ccc(-c2cccc(-c3nc(-c4cccc(-c5cccc(-c6ccc7c8ccccc8c8ccccc8c7c6)c5)c4)c4ccccc4n3)c2)cc1. The predicted molar refractivity (Wildman–Crippen MR) is 219 cm³/mol. The summed E-state index contributed by atoms with van der Waals surface area (Å²) in [5.74, 6) is 0.718. The second-order valence-corrected chi connectivity index (χ2v) is 13.4. The molecule has 0 bridgehead atoms. The molecule has 1 heterocycles. The smallest absolute Gasteiger partial charge is 0.160 e. The highest BCUT2D eigenvalue weighted by atomic mass is 14.9. The average molecular weight is 661 g/mol. The van der Waals surface area contributed by atoms with Crippen LogP contribution in [0.3, 0.4) is 0 Å². The van der Waals surface area contributed by atoms with E-state index in [1.807, 2.05) is 12.1 Å². The highest BCUT2D eigenvalue weighted by Gasteiger charge is 2.14. The van der Waals surface area contributed by atoms with Gasteiger partial charge in [0.05, 0.1) is 11.2 Å². The molecule has 1 aromatic heterocycles. The Kier molecular flexibility index (Phi) is 7.18. The fourth-order valence-corrected chi connectivity index (χ4v) is 7.71. The summed E-state index contributed by atoms with van der Waals surface area (Å²) in [4.78, 5) is 10.3. The van der Waals surface area contributed by atoms with Gasteiger partial charge in [-0.2, -0.15) is 0 Å². The zero-order valence-corrected chi connectivity index (χ0v) is 28.4. The van der Waals surface area contributed by atoms with Gasteiger partial charge < -0.3 is 0 Å². The summed E-state index contributed by atoms with van der Waals surface area (Å²) in [7, 11) is 0. The summed E-state index contributed by atoms with van der Waals surface area (Å²) < 4.78 is 0. The van der Waals surface area contributed by atoms with Crippen molar-refractivity contribution in [2.45, 2.75) is 0 Å². The Labute approximate surface area is 302 Å². The topological polar surface area (TPSA) is 25.8 Å². The van der Waals surface area contributed by atoms with Crippen molar-refractivity contribution < 1.29 is 0 Å². The minimum atomic E-state index is 0.718. The van der Waals surface area contributed by atoms with Crippen LogP contribution in [0.2, 0.25) is 0 Å². The molecule has 0 atom stereocenters. The first-order valence-corrected chi connectivity index (χ1v) is 17.7. The van der Waals surface area contributed by atoms with Crippen molar-refractivity contribution >= 4 is 43.2 Å². The lowest BCUT2D eigenvalue weighted by molar-refractivity contribution is 1.23. The van der Waals surface area contributed by atoms with E-state index >= 15 is 0 Å². The summed E-state index contributed by atoms with van der Waals surface area (Å²) >= 11 is 0. The van der Waals surface area contributed by atoms with Crippen molar-refractivity contribution in [3.05, 3.63) is 194 Å². The van der Waals surface area contributed by atoms with Gasteiger partial charge in [0.2, 0.25) is 0 Å². The van der Waals surface area contributed by atoms with E-state index in [1.54, 1.807) is 0 Å². The molecule has 0 aliphatic heterocycles. The van der Waals surface area contributed by atoms with E-state index in [4.69, 9.17) is 9.97 Å². The first-order chi connectivity index (χ1) is 25.8. The molecule has 2 heteroatoms. The third-order valence-electron chi connectivity index (χ3n) is 10.2. The minimum absolute atomic E-state index is 0.718. The maximum absolute atomic E-state index is 5.24. The second kappa shape index (κ2) is 12.5. The largest absolute Gasteiger partial charge is 0.228 e. The van der Waals surface area contributed by atoms with E-state index in [-0.39, 0.29) is 0 Å². The van der Waals surface area contributed by atoms with Crippen molar-refractivity contribution in [3.63, 3.8) is 0 Å². The Morgan fingerprint density at radius 3 is 1.31 bits per heavy atom. The summed E-state index contributed by atoms with van der Waals surface area (Å²) in [6.45, 7) is 0. The van der Waals surface area contributed by atoms with Crippen molar-refractivity contribution in [2.24, 2.45) is 0 Å². The lowest BCUT2D eigenvalue weighted by Gasteiger charge is -2.13. The van der Waals surface area contributed by atoms with Gasteiger partial charge in [-0.15, -0.1) is 0 Å². The van der Waals surface area contributed by atoms with Gasteiger partial charge >= 0.3 is 0 Å². The van der Waals surface area contributed by atoms with Crippen molar-refractivity contribution in [2.75, 3.05) is 0 Å². The van der Waals surface area contributed by atoms with Crippen LogP contribution in [0.25, 0.3) is 99.2 Å². The Bertz CT molecular complexity index is 2930. The lowest BCUT2D eigenvalue weighted by atomic mass is 9.91. The van der Waals surface area contributed by atoms with E-state index in [1.165, 1.54) is 49.0 Å². The van der Waals surface area contributed by atoms with Gasteiger partial charge in [-0.25, -0.2) is 9.97 Å². The van der Waals surface area contributed by atoms with E-state index in [0.717, 1.165) is 50.2 Å². The van der Waals surface area contributed by atoms with Crippen molar-refractivity contribution in [3.8, 4) is 56.0 Å². The zero-order valence-electron chi connectivity index (χ0n) is 28.4. The number of hydrogen-bond donors (Lipinski definition) is 0. The highest BCUT2D eigenvalue weighted by Crippen LogP contribution is 2.38. The molecule has 0 spiro atoms. The molecule has 9 aromatic carbocycles. The molecule has 0 fully saturated rings. The summed E-state index contributed by atoms with van der Waals surface area (Å²) in [5.41, 5.74) is 10.9. The summed E-state index contributed by atoms with van der Waals surface area (Å²) in [5, 5.41) is 8.75. The standard InChI is InChI=1S/C50H32N2/c1-2-13-33(14-3-1)34-15-12-20-40(31-34)50-51-48-26-9-8-25-46(48)49(52-50)39-19-11-18-37(30-39)35-16-10-17-36(29-35)38-27-28-45-43-23-5-4-21-41(43)42-22-6-7-24-44(42)47(45)32-38/h1-32H. The van der Waals surface area contributed by atoms with Crippen LogP contribution in [-0.2, 0) is 0 Å². The fraction of sp³-hybridized carbons (Fsp3) is 0. The van der Waals surface area contributed by atoms with Crippen LogP contribution < -0.4 is 0 Å². The van der Waals surface area contributed by atoms with Crippen LogP contribution in [0.1, 0.15) is 0 Å². The maximum Gasteiger partial charge on any atom is 0.160 e. The number of nitrogens with zero attached hydrogens (tertiary/aromatic N) is 2. The second-order valence-electron chi connectivity index (χ2n) is 13.4. The van der Waals surface area contributed by atoms with E-state index in [9.17, 15) is 0 Å². The molecule has 0 saturated carbocycles. The summed E-state index contributed by atoms with van der Waals surface area (Å²) in [6.07, 6.45) is 0. The number of aromatic nitrogens is 2.